The minimum atomic E-state index is -0.762. The molecule has 2 atom stereocenters. The van der Waals surface area contributed by atoms with Crippen molar-refractivity contribution in [3.8, 4) is 0 Å². The number of anilines is 2. The Morgan fingerprint density at radius 2 is 1.93 bits per heavy atom. The molecule has 2 aliphatic heterocycles. The number of ketones is 1. The minimum absolute atomic E-state index is 0.208. The normalized spacial score (nSPS) is 19.2. The lowest BCUT2D eigenvalue weighted by Crippen LogP contribution is -2.42. The third-order valence-corrected chi connectivity index (χ3v) is 6.05. The van der Waals surface area contributed by atoms with Gasteiger partial charge >= 0.3 is 0 Å². The van der Waals surface area contributed by atoms with E-state index in [9.17, 15) is 9.59 Å². The van der Waals surface area contributed by atoms with Crippen LogP contribution in [0.1, 0.15) is 47.4 Å². The maximum atomic E-state index is 13.0. The summed E-state index contributed by atoms with van der Waals surface area (Å²) in [6.45, 7) is 4.71. The van der Waals surface area contributed by atoms with Crippen LogP contribution >= 0.6 is 0 Å². The van der Waals surface area contributed by atoms with Crippen molar-refractivity contribution < 1.29 is 9.59 Å². The van der Waals surface area contributed by atoms with Crippen molar-refractivity contribution in [2.45, 2.75) is 32.4 Å². The van der Waals surface area contributed by atoms with Crippen LogP contribution in [-0.2, 0) is 11.3 Å². The molecule has 1 aromatic carbocycles. The zero-order valence-corrected chi connectivity index (χ0v) is 17.6. The molecule has 1 saturated heterocycles. The number of nitrogens with one attached hydrogen (secondary N) is 3. The van der Waals surface area contributed by atoms with Crippen molar-refractivity contribution in [1.29, 1.82) is 0 Å². The second-order valence-electron chi connectivity index (χ2n) is 8.03. The number of hydrogen-bond acceptors (Lipinski definition) is 6. The van der Waals surface area contributed by atoms with Crippen LogP contribution in [0.25, 0.3) is 0 Å². The van der Waals surface area contributed by atoms with Gasteiger partial charge in [0, 0.05) is 32.2 Å². The van der Waals surface area contributed by atoms with E-state index in [0.29, 0.717) is 24.5 Å². The fourth-order valence-corrected chi connectivity index (χ4v) is 3.99. The van der Waals surface area contributed by atoms with E-state index in [4.69, 9.17) is 0 Å². The lowest BCUT2D eigenvalue weighted by Gasteiger charge is -2.25. The van der Waals surface area contributed by atoms with Gasteiger partial charge in [-0.1, -0.05) is 24.3 Å². The Kier molecular flexibility index (Phi) is 5.99. The van der Waals surface area contributed by atoms with Gasteiger partial charge < -0.3 is 20.9 Å². The molecule has 3 heterocycles. The molecular weight excluding hydrogens is 378 g/mol. The molecule has 30 heavy (non-hydrogen) atoms. The summed E-state index contributed by atoms with van der Waals surface area (Å²) in [6.07, 6.45) is 2.29. The predicted octanol–water partition coefficient (Wildman–Crippen LogP) is 2.50. The number of nitrogens with zero attached hydrogens (tertiary/aromatic N) is 2. The number of hydrogen-bond donors (Lipinski definition) is 3. The highest BCUT2D eigenvalue weighted by molar-refractivity contribution is 6.13. The van der Waals surface area contributed by atoms with Crippen LogP contribution in [0, 0.1) is 5.92 Å². The summed E-state index contributed by atoms with van der Waals surface area (Å²) in [5, 5.41) is 9.31. The Balaban J connectivity index is 1.40. The highest BCUT2D eigenvalue weighted by Crippen LogP contribution is 2.27. The molecule has 3 N–H and O–H groups in total. The lowest BCUT2D eigenvalue weighted by molar-refractivity contribution is -0.123. The number of pyridine rings is 1. The number of rotatable bonds is 6. The molecule has 0 aliphatic carbocycles. The molecule has 4 rings (SSSR count). The van der Waals surface area contributed by atoms with Crippen molar-refractivity contribution >= 4 is 23.2 Å². The molecule has 1 aromatic heterocycles. The molecule has 0 spiro atoms. The van der Waals surface area contributed by atoms with Gasteiger partial charge in [-0.25, -0.2) is 4.98 Å². The monoisotopic (exact) mass is 407 g/mol. The first-order chi connectivity index (χ1) is 14.6. The Labute approximate surface area is 177 Å². The molecule has 0 bridgehead atoms. The van der Waals surface area contributed by atoms with Crippen LogP contribution < -0.4 is 20.9 Å². The third kappa shape index (κ3) is 4.16. The quantitative estimate of drug-likeness (QED) is 0.638. The standard InChI is InChI=1S/C23H29N5O2/c1-15(24-2)17-7-5-16(6-8-17)13-26-23(30)18-14-25-19-9-10-20(27-21(19)22(18)29)28-11-3-4-12-28/h5-10,15,18,24-25H,3-4,11-14H2,1-2H3,(H,26,30). The Bertz CT molecular complexity index is 922. The smallest absolute Gasteiger partial charge is 0.233 e. The van der Waals surface area contributed by atoms with Crippen LogP contribution in [0.15, 0.2) is 36.4 Å². The molecular formula is C23H29N5O2. The van der Waals surface area contributed by atoms with E-state index in [1.807, 2.05) is 31.3 Å². The SMILES string of the molecule is CNC(C)c1ccc(CNC(=O)C2CNc3ccc(N4CCCC4)nc3C2=O)cc1. The van der Waals surface area contributed by atoms with Gasteiger partial charge in [0.05, 0.1) is 5.69 Å². The Morgan fingerprint density at radius 3 is 2.63 bits per heavy atom. The first-order valence-corrected chi connectivity index (χ1v) is 10.6. The average molecular weight is 408 g/mol. The van der Waals surface area contributed by atoms with Gasteiger partial charge in [0.1, 0.15) is 17.4 Å². The molecule has 0 saturated carbocycles. The van der Waals surface area contributed by atoms with Gasteiger partial charge in [0.15, 0.2) is 5.78 Å². The van der Waals surface area contributed by atoms with Crippen LogP contribution in [-0.4, -0.2) is 43.4 Å². The number of benzene rings is 1. The average Bonchev–Trinajstić information content (AvgIpc) is 3.32. The van der Waals surface area contributed by atoms with Crippen LogP contribution in [0.2, 0.25) is 0 Å². The fraction of sp³-hybridized carbons (Fsp3) is 0.435. The lowest BCUT2D eigenvalue weighted by atomic mass is 9.95. The molecule has 158 valence electrons. The van der Waals surface area contributed by atoms with Crippen molar-refractivity contribution in [2.75, 3.05) is 36.9 Å². The molecule has 7 heteroatoms. The van der Waals surface area contributed by atoms with E-state index in [1.54, 1.807) is 0 Å². The molecule has 7 nitrogen and oxygen atoms in total. The van der Waals surface area contributed by atoms with Gasteiger partial charge in [-0.15, -0.1) is 0 Å². The Hall–Kier alpha value is -2.93. The number of carbonyl (C=O) groups excluding carboxylic acids is 2. The number of aromatic nitrogens is 1. The summed E-state index contributed by atoms with van der Waals surface area (Å²) >= 11 is 0. The van der Waals surface area contributed by atoms with Crippen molar-refractivity contribution in [3.05, 3.63) is 53.2 Å². The summed E-state index contributed by atoms with van der Waals surface area (Å²) in [6, 6.07) is 12.2. The first kappa shape index (κ1) is 20.3. The fourth-order valence-electron chi connectivity index (χ4n) is 3.99. The third-order valence-electron chi connectivity index (χ3n) is 6.05. The van der Waals surface area contributed by atoms with E-state index < -0.39 is 5.92 Å². The highest BCUT2D eigenvalue weighted by atomic mass is 16.2. The molecule has 0 radical (unpaired) electrons. The van der Waals surface area contributed by atoms with Crippen LogP contribution in [0.3, 0.4) is 0 Å². The first-order valence-electron chi connectivity index (χ1n) is 10.6. The summed E-state index contributed by atoms with van der Waals surface area (Å²) < 4.78 is 0. The molecule has 2 aromatic rings. The minimum Gasteiger partial charge on any atom is -0.382 e. The maximum Gasteiger partial charge on any atom is 0.233 e. The number of Topliss-reactive ketones (excluding diaryl/α,β-unsaturated/α-hetero) is 1. The van der Waals surface area contributed by atoms with E-state index in [-0.39, 0.29) is 17.7 Å². The van der Waals surface area contributed by atoms with Crippen LogP contribution in [0.5, 0.6) is 0 Å². The predicted molar refractivity (Wildman–Crippen MR) is 118 cm³/mol. The topological polar surface area (TPSA) is 86.4 Å². The molecule has 2 unspecified atom stereocenters. The summed E-state index contributed by atoms with van der Waals surface area (Å²) in [4.78, 5) is 32.5. The molecule has 1 amide bonds. The number of carbonyl (C=O) groups is 2. The second-order valence-corrected chi connectivity index (χ2v) is 8.03. The van der Waals surface area contributed by atoms with Gasteiger partial charge in [-0.3, -0.25) is 9.59 Å². The van der Waals surface area contributed by atoms with Gasteiger partial charge in [-0.2, -0.15) is 0 Å². The van der Waals surface area contributed by atoms with E-state index in [1.165, 1.54) is 5.56 Å². The summed E-state index contributed by atoms with van der Waals surface area (Å²) in [5.41, 5.74) is 3.27. The van der Waals surface area contributed by atoms with Gasteiger partial charge in [0.2, 0.25) is 5.91 Å². The van der Waals surface area contributed by atoms with Crippen LogP contribution in [0.4, 0.5) is 11.5 Å². The second kappa shape index (κ2) is 8.83. The van der Waals surface area contributed by atoms with E-state index in [0.717, 1.165) is 37.3 Å². The summed E-state index contributed by atoms with van der Waals surface area (Å²) in [7, 11) is 1.93. The zero-order chi connectivity index (χ0) is 21.1. The van der Waals surface area contributed by atoms with Gasteiger partial charge in [0.25, 0.3) is 0 Å². The van der Waals surface area contributed by atoms with E-state index >= 15 is 0 Å². The van der Waals surface area contributed by atoms with Crippen molar-refractivity contribution in [2.24, 2.45) is 5.92 Å². The molecule has 2 aliphatic rings. The zero-order valence-electron chi connectivity index (χ0n) is 17.6. The van der Waals surface area contributed by atoms with Gasteiger partial charge in [-0.05, 0) is 50.1 Å². The highest BCUT2D eigenvalue weighted by Gasteiger charge is 2.34. The van der Waals surface area contributed by atoms with Crippen molar-refractivity contribution in [3.63, 3.8) is 0 Å². The summed E-state index contributed by atoms with van der Waals surface area (Å²) in [5.74, 6) is -0.416. The maximum absolute atomic E-state index is 13.0. The molecule has 1 fully saturated rings. The Morgan fingerprint density at radius 1 is 1.20 bits per heavy atom. The number of amides is 1. The number of fused-ring (bicyclic) bond motifs is 1. The largest absolute Gasteiger partial charge is 0.382 e. The van der Waals surface area contributed by atoms with E-state index in [2.05, 4.69) is 44.9 Å². The van der Waals surface area contributed by atoms with Crippen molar-refractivity contribution in [1.82, 2.24) is 15.6 Å².